The van der Waals surface area contributed by atoms with Crippen molar-refractivity contribution in [1.82, 2.24) is 20.0 Å². The summed E-state index contributed by atoms with van der Waals surface area (Å²) in [6.07, 6.45) is 8.85. The second-order valence-electron chi connectivity index (χ2n) is 7.07. The number of amides is 1. The number of likely N-dealkylation sites (N-methyl/N-ethyl adjacent to an activating group) is 1. The molecule has 2 fully saturated rings. The van der Waals surface area contributed by atoms with E-state index in [1.165, 1.54) is 12.8 Å². The van der Waals surface area contributed by atoms with E-state index in [4.69, 9.17) is 0 Å². The SMILES string of the molecule is CN(C(=O)Cc1cnn(-c2ccccc2)c1)C1CC2CCC(C1)N2.Cl. The van der Waals surface area contributed by atoms with Gasteiger partial charge in [0, 0.05) is 31.4 Å². The Labute approximate surface area is 154 Å². The molecular weight excluding hydrogens is 336 g/mol. The summed E-state index contributed by atoms with van der Waals surface area (Å²) < 4.78 is 1.83. The fourth-order valence-corrected chi connectivity index (χ4v) is 4.02. The molecule has 0 radical (unpaired) electrons. The molecule has 134 valence electrons. The number of piperidine rings is 1. The molecule has 2 atom stereocenters. The molecule has 0 saturated carbocycles. The molecule has 2 saturated heterocycles. The van der Waals surface area contributed by atoms with Crippen LogP contribution in [0.2, 0.25) is 0 Å². The second-order valence-corrected chi connectivity index (χ2v) is 7.07. The maximum absolute atomic E-state index is 12.7. The summed E-state index contributed by atoms with van der Waals surface area (Å²) >= 11 is 0. The highest BCUT2D eigenvalue weighted by Crippen LogP contribution is 2.29. The van der Waals surface area contributed by atoms with E-state index >= 15 is 0 Å². The van der Waals surface area contributed by atoms with Gasteiger partial charge in [0.2, 0.25) is 5.91 Å². The molecule has 1 amide bonds. The summed E-state index contributed by atoms with van der Waals surface area (Å²) in [5.74, 6) is 0.189. The van der Waals surface area contributed by atoms with Crippen molar-refractivity contribution >= 4 is 18.3 Å². The minimum Gasteiger partial charge on any atom is -0.342 e. The highest BCUT2D eigenvalue weighted by molar-refractivity contribution is 5.85. The number of halogens is 1. The van der Waals surface area contributed by atoms with Gasteiger partial charge in [-0.25, -0.2) is 4.68 Å². The Hall–Kier alpha value is -1.85. The van der Waals surface area contributed by atoms with Crippen LogP contribution in [-0.4, -0.2) is 45.8 Å². The van der Waals surface area contributed by atoms with Crippen LogP contribution in [0.1, 0.15) is 31.2 Å². The summed E-state index contributed by atoms with van der Waals surface area (Å²) in [4.78, 5) is 14.6. The molecule has 5 nitrogen and oxygen atoms in total. The molecule has 1 aromatic heterocycles. The Morgan fingerprint density at radius 3 is 2.60 bits per heavy atom. The second kappa shape index (κ2) is 7.58. The predicted octanol–water partition coefficient (Wildman–Crippen LogP) is 2.58. The van der Waals surface area contributed by atoms with Crippen molar-refractivity contribution in [3.05, 3.63) is 48.3 Å². The summed E-state index contributed by atoms with van der Waals surface area (Å²) in [5.41, 5.74) is 1.98. The summed E-state index contributed by atoms with van der Waals surface area (Å²) in [6.45, 7) is 0. The quantitative estimate of drug-likeness (QED) is 0.911. The van der Waals surface area contributed by atoms with Crippen LogP contribution in [0, 0.1) is 0 Å². The fraction of sp³-hybridized carbons (Fsp3) is 0.474. The van der Waals surface area contributed by atoms with E-state index in [1.54, 1.807) is 6.20 Å². The van der Waals surface area contributed by atoms with Crippen LogP contribution in [0.5, 0.6) is 0 Å². The Bertz CT molecular complexity index is 705. The molecule has 0 spiro atoms. The number of benzene rings is 1. The van der Waals surface area contributed by atoms with Crippen molar-refractivity contribution in [2.24, 2.45) is 0 Å². The standard InChI is InChI=1S/C19H24N4O.ClH/c1-22(18-10-15-7-8-16(11-18)21-15)19(24)9-14-12-20-23(13-14)17-5-3-2-4-6-17;/h2-6,12-13,15-16,18,21H,7-11H2,1H3;1H. The maximum atomic E-state index is 12.7. The molecule has 1 N–H and O–H groups in total. The lowest BCUT2D eigenvalue weighted by Gasteiger charge is -2.35. The van der Waals surface area contributed by atoms with E-state index in [0.717, 1.165) is 24.1 Å². The van der Waals surface area contributed by atoms with Gasteiger partial charge >= 0.3 is 0 Å². The number of carbonyl (C=O) groups is 1. The van der Waals surface area contributed by atoms with Gasteiger partial charge in [0.1, 0.15) is 0 Å². The smallest absolute Gasteiger partial charge is 0.227 e. The first-order valence-corrected chi connectivity index (χ1v) is 8.80. The first-order chi connectivity index (χ1) is 11.7. The average molecular weight is 361 g/mol. The molecule has 4 rings (SSSR count). The number of fused-ring (bicyclic) bond motifs is 2. The lowest BCUT2D eigenvalue weighted by atomic mass is 9.98. The third-order valence-corrected chi connectivity index (χ3v) is 5.40. The van der Waals surface area contributed by atoms with E-state index in [-0.39, 0.29) is 18.3 Å². The Balaban J connectivity index is 0.00000182. The molecule has 0 aliphatic carbocycles. The number of rotatable bonds is 4. The highest BCUT2D eigenvalue weighted by Gasteiger charge is 2.36. The van der Waals surface area contributed by atoms with Crippen LogP contribution in [0.3, 0.4) is 0 Å². The first-order valence-electron chi connectivity index (χ1n) is 8.80. The van der Waals surface area contributed by atoms with Crippen LogP contribution in [0.25, 0.3) is 5.69 Å². The molecule has 2 bridgehead atoms. The average Bonchev–Trinajstić information content (AvgIpc) is 3.21. The Morgan fingerprint density at radius 2 is 1.92 bits per heavy atom. The molecule has 2 aliphatic heterocycles. The van der Waals surface area contributed by atoms with Gasteiger partial charge in [-0.1, -0.05) is 18.2 Å². The predicted molar refractivity (Wildman–Crippen MR) is 100 cm³/mol. The van der Waals surface area contributed by atoms with Crippen molar-refractivity contribution in [2.45, 2.75) is 50.2 Å². The maximum Gasteiger partial charge on any atom is 0.227 e. The van der Waals surface area contributed by atoms with Gasteiger partial charge in [-0.15, -0.1) is 12.4 Å². The third-order valence-electron chi connectivity index (χ3n) is 5.40. The molecule has 2 aromatic rings. The Kier molecular flexibility index (Phi) is 5.45. The Morgan fingerprint density at radius 1 is 1.24 bits per heavy atom. The van der Waals surface area contributed by atoms with Crippen LogP contribution < -0.4 is 5.32 Å². The van der Waals surface area contributed by atoms with Gasteiger partial charge in [-0.05, 0) is 43.4 Å². The molecular formula is C19H25ClN4O. The first kappa shape index (κ1) is 18.0. The van der Waals surface area contributed by atoms with Crippen molar-refractivity contribution in [2.75, 3.05) is 7.05 Å². The molecule has 25 heavy (non-hydrogen) atoms. The minimum atomic E-state index is 0. The molecule has 2 aliphatic rings. The van der Waals surface area contributed by atoms with Crippen molar-refractivity contribution in [3.63, 3.8) is 0 Å². The zero-order valence-electron chi connectivity index (χ0n) is 14.5. The molecule has 3 heterocycles. The van der Waals surface area contributed by atoms with Gasteiger partial charge in [-0.2, -0.15) is 5.10 Å². The van der Waals surface area contributed by atoms with Crippen molar-refractivity contribution in [1.29, 1.82) is 0 Å². The normalized spacial score (nSPS) is 24.6. The van der Waals surface area contributed by atoms with Crippen LogP contribution in [0.15, 0.2) is 42.7 Å². The van der Waals surface area contributed by atoms with E-state index in [9.17, 15) is 4.79 Å². The summed E-state index contributed by atoms with van der Waals surface area (Å²) in [5, 5.41) is 8.02. The number of aromatic nitrogens is 2. The van der Waals surface area contributed by atoms with Crippen molar-refractivity contribution in [3.8, 4) is 5.69 Å². The van der Waals surface area contributed by atoms with Gasteiger partial charge in [0.25, 0.3) is 0 Å². The van der Waals surface area contributed by atoms with Crippen LogP contribution in [-0.2, 0) is 11.2 Å². The highest BCUT2D eigenvalue weighted by atomic mass is 35.5. The number of para-hydroxylation sites is 1. The van der Waals surface area contributed by atoms with E-state index in [0.29, 0.717) is 24.5 Å². The number of nitrogens with one attached hydrogen (secondary N) is 1. The van der Waals surface area contributed by atoms with E-state index in [1.807, 2.05) is 53.2 Å². The van der Waals surface area contributed by atoms with Crippen LogP contribution in [0.4, 0.5) is 0 Å². The van der Waals surface area contributed by atoms with E-state index < -0.39 is 0 Å². The lowest BCUT2D eigenvalue weighted by Crippen LogP contribution is -2.49. The zero-order valence-corrected chi connectivity index (χ0v) is 15.3. The fourth-order valence-electron chi connectivity index (χ4n) is 4.02. The minimum absolute atomic E-state index is 0. The number of carbonyl (C=O) groups excluding carboxylic acids is 1. The summed E-state index contributed by atoms with van der Waals surface area (Å²) in [6, 6.07) is 11.6. The topological polar surface area (TPSA) is 50.2 Å². The molecule has 2 unspecified atom stereocenters. The number of hydrogen-bond donors (Lipinski definition) is 1. The van der Waals surface area contributed by atoms with Gasteiger partial charge in [0.15, 0.2) is 0 Å². The lowest BCUT2D eigenvalue weighted by molar-refractivity contribution is -0.131. The largest absolute Gasteiger partial charge is 0.342 e. The summed E-state index contributed by atoms with van der Waals surface area (Å²) in [7, 11) is 1.96. The molecule has 1 aromatic carbocycles. The number of hydrogen-bond acceptors (Lipinski definition) is 3. The number of nitrogens with zero attached hydrogens (tertiary/aromatic N) is 3. The molecule has 6 heteroatoms. The van der Waals surface area contributed by atoms with Gasteiger partial charge in [-0.3, -0.25) is 4.79 Å². The monoisotopic (exact) mass is 360 g/mol. The van der Waals surface area contributed by atoms with E-state index in [2.05, 4.69) is 10.4 Å². The van der Waals surface area contributed by atoms with Gasteiger partial charge < -0.3 is 10.2 Å². The zero-order chi connectivity index (χ0) is 16.5. The van der Waals surface area contributed by atoms with Crippen LogP contribution >= 0.6 is 12.4 Å². The van der Waals surface area contributed by atoms with Crippen molar-refractivity contribution < 1.29 is 4.79 Å². The van der Waals surface area contributed by atoms with Gasteiger partial charge in [0.05, 0.1) is 18.3 Å². The third kappa shape index (κ3) is 3.88.